The van der Waals surface area contributed by atoms with Crippen LogP contribution in [0.25, 0.3) is 0 Å². The van der Waals surface area contributed by atoms with E-state index < -0.39 is 12.7 Å². The second kappa shape index (κ2) is 7.92. The highest BCUT2D eigenvalue weighted by Crippen LogP contribution is 2.57. The maximum absolute atomic E-state index is 12.6. The molecule has 2 saturated carbocycles. The minimum atomic E-state index is -4.13. The van der Waals surface area contributed by atoms with Crippen LogP contribution in [0.4, 0.5) is 13.2 Å². The smallest absolute Gasteiger partial charge is 0.378 e. The van der Waals surface area contributed by atoms with E-state index in [-0.39, 0.29) is 11.5 Å². The Hall–Kier alpha value is -1.02. The van der Waals surface area contributed by atoms with Gasteiger partial charge in [-0.05, 0) is 39.5 Å². The molecule has 0 bridgehead atoms. The molecule has 0 radical (unpaired) electrons. The zero-order valence-electron chi connectivity index (χ0n) is 15.7. The van der Waals surface area contributed by atoms with Crippen molar-refractivity contribution in [3.8, 4) is 0 Å². The molecule has 1 aliphatic heterocycles. The number of nitrogens with one attached hydrogen (secondary N) is 2. The molecule has 3 unspecified atom stereocenters. The predicted octanol–water partition coefficient (Wildman–Crippen LogP) is 2.53. The molecule has 5 nitrogen and oxygen atoms in total. The second-order valence-electron chi connectivity index (χ2n) is 7.77. The molecule has 2 N–H and O–H groups in total. The van der Waals surface area contributed by atoms with Crippen molar-refractivity contribution in [3.05, 3.63) is 0 Å². The summed E-state index contributed by atoms with van der Waals surface area (Å²) in [6, 6.07) is 0.355. The van der Waals surface area contributed by atoms with E-state index in [1.807, 2.05) is 13.8 Å². The summed E-state index contributed by atoms with van der Waals surface area (Å²) in [6.45, 7) is 5.42. The Balaban J connectivity index is 1.52. The number of hydrogen-bond acceptors (Lipinski definition) is 3. The summed E-state index contributed by atoms with van der Waals surface area (Å²) in [6.07, 6.45) is 1.47. The van der Waals surface area contributed by atoms with Crippen molar-refractivity contribution in [2.24, 2.45) is 10.4 Å². The Morgan fingerprint density at radius 2 is 2.04 bits per heavy atom. The monoisotopic (exact) mass is 376 g/mol. The van der Waals surface area contributed by atoms with Gasteiger partial charge in [-0.15, -0.1) is 0 Å². The molecule has 3 aliphatic rings. The van der Waals surface area contributed by atoms with Crippen molar-refractivity contribution in [1.82, 2.24) is 15.5 Å². The summed E-state index contributed by atoms with van der Waals surface area (Å²) in [5, 5.41) is 6.90. The standard InChI is InChI=1S/C18H31F3N4O/c1-3-22-16(23-13-6-9-25(11-13)12-18(19,20)21)24-14-10-15(26-4-2)17(14)7-5-8-17/h13-15H,3-12H2,1-2H3,(H2,22,23,24). The topological polar surface area (TPSA) is 48.9 Å². The fourth-order valence-electron chi connectivity index (χ4n) is 4.64. The molecule has 8 heteroatoms. The number of nitrogens with zero attached hydrogens (tertiary/aromatic N) is 2. The molecule has 2 aliphatic carbocycles. The van der Waals surface area contributed by atoms with Crippen molar-refractivity contribution in [2.75, 3.05) is 32.8 Å². The molecule has 0 aromatic rings. The minimum Gasteiger partial charge on any atom is -0.378 e. The third kappa shape index (κ3) is 4.27. The highest BCUT2D eigenvalue weighted by Gasteiger charge is 2.59. The lowest BCUT2D eigenvalue weighted by molar-refractivity contribution is -0.168. The predicted molar refractivity (Wildman–Crippen MR) is 95.3 cm³/mol. The third-order valence-electron chi connectivity index (χ3n) is 6.08. The molecule has 3 atom stereocenters. The second-order valence-corrected chi connectivity index (χ2v) is 7.77. The largest absolute Gasteiger partial charge is 0.401 e. The molecule has 0 amide bonds. The average Bonchev–Trinajstić information content (AvgIpc) is 2.89. The average molecular weight is 376 g/mol. The molecule has 26 heavy (non-hydrogen) atoms. The van der Waals surface area contributed by atoms with Crippen LogP contribution in [0.5, 0.6) is 0 Å². The number of aliphatic imine (C=N–C) groups is 1. The van der Waals surface area contributed by atoms with Crippen molar-refractivity contribution in [1.29, 1.82) is 0 Å². The Labute approximate surface area is 153 Å². The number of guanidine groups is 1. The molecule has 0 aromatic heterocycles. The molecule has 1 heterocycles. The van der Waals surface area contributed by atoms with Gasteiger partial charge < -0.3 is 15.4 Å². The Kier molecular flexibility index (Phi) is 6.01. The van der Waals surface area contributed by atoms with E-state index in [1.54, 1.807) is 0 Å². The number of likely N-dealkylation sites (tertiary alicyclic amines) is 1. The molecule has 150 valence electrons. The molecule has 1 saturated heterocycles. The quantitative estimate of drug-likeness (QED) is 0.553. The van der Waals surface area contributed by atoms with Crippen LogP contribution >= 0.6 is 0 Å². The van der Waals surface area contributed by atoms with Gasteiger partial charge in [-0.25, -0.2) is 0 Å². The normalized spacial score (nSPS) is 31.6. The number of hydrogen-bond donors (Lipinski definition) is 2. The van der Waals surface area contributed by atoms with Gasteiger partial charge in [0.25, 0.3) is 0 Å². The SMILES string of the molecule is CCN=C(NC1CCN(CC(F)(F)F)C1)NC1CC(OCC)C12CCC2. The lowest BCUT2D eigenvalue weighted by Crippen LogP contribution is -2.69. The number of rotatable bonds is 6. The van der Waals surface area contributed by atoms with E-state index in [4.69, 9.17) is 4.74 Å². The molecular formula is C18H31F3N4O. The van der Waals surface area contributed by atoms with E-state index in [0.29, 0.717) is 38.2 Å². The van der Waals surface area contributed by atoms with E-state index >= 15 is 0 Å². The molecular weight excluding hydrogens is 345 g/mol. The van der Waals surface area contributed by atoms with Gasteiger partial charge in [-0.2, -0.15) is 13.2 Å². The van der Waals surface area contributed by atoms with Crippen LogP contribution in [0.15, 0.2) is 4.99 Å². The van der Waals surface area contributed by atoms with Crippen LogP contribution in [0.3, 0.4) is 0 Å². The number of ether oxygens (including phenoxy) is 1. The summed E-state index contributed by atoms with van der Waals surface area (Å²) in [4.78, 5) is 5.98. The van der Waals surface area contributed by atoms with Crippen LogP contribution in [0, 0.1) is 5.41 Å². The van der Waals surface area contributed by atoms with Crippen LogP contribution < -0.4 is 10.6 Å². The minimum absolute atomic E-state index is 0.00950. The van der Waals surface area contributed by atoms with Gasteiger partial charge in [0.05, 0.1) is 12.6 Å². The molecule has 3 fully saturated rings. The van der Waals surface area contributed by atoms with E-state index in [2.05, 4.69) is 15.6 Å². The maximum Gasteiger partial charge on any atom is 0.401 e. The highest BCUT2D eigenvalue weighted by molar-refractivity contribution is 5.80. The van der Waals surface area contributed by atoms with Gasteiger partial charge in [-0.1, -0.05) is 6.42 Å². The molecule has 0 aromatic carbocycles. The summed E-state index contributed by atoms with van der Waals surface area (Å²) in [5.74, 6) is 0.734. The molecule has 1 spiro atoms. The maximum atomic E-state index is 12.6. The first-order chi connectivity index (χ1) is 12.4. The van der Waals surface area contributed by atoms with Crippen molar-refractivity contribution >= 4 is 5.96 Å². The van der Waals surface area contributed by atoms with Crippen molar-refractivity contribution in [3.63, 3.8) is 0 Å². The van der Waals surface area contributed by atoms with Crippen LogP contribution in [-0.2, 0) is 4.74 Å². The molecule has 3 rings (SSSR count). The highest BCUT2D eigenvalue weighted by atomic mass is 19.4. The van der Waals surface area contributed by atoms with Gasteiger partial charge >= 0.3 is 6.18 Å². The van der Waals surface area contributed by atoms with Crippen LogP contribution in [0.2, 0.25) is 0 Å². The summed E-state index contributed by atoms with van der Waals surface area (Å²) in [7, 11) is 0. The lowest BCUT2D eigenvalue weighted by Gasteiger charge is -2.61. The number of alkyl halides is 3. The van der Waals surface area contributed by atoms with Gasteiger partial charge in [-0.3, -0.25) is 9.89 Å². The Bertz CT molecular complexity index is 507. The zero-order valence-corrected chi connectivity index (χ0v) is 15.7. The first kappa shape index (κ1) is 19.7. The van der Waals surface area contributed by atoms with Crippen LogP contribution in [-0.4, -0.2) is 68.0 Å². The summed E-state index contributed by atoms with van der Waals surface area (Å²) in [5.41, 5.74) is 0.226. The summed E-state index contributed by atoms with van der Waals surface area (Å²) >= 11 is 0. The fraction of sp³-hybridized carbons (Fsp3) is 0.944. The van der Waals surface area contributed by atoms with Gasteiger partial charge in [0.15, 0.2) is 5.96 Å². The van der Waals surface area contributed by atoms with Gasteiger partial charge in [0.1, 0.15) is 0 Å². The first-order valence-electron chi connectivity index (χ1n) is 9.84. The first-order valence-corrected chi connectivity index (χ1v) is 9.84. The summed E-state index contributed by atoms with van der Waals surface area (Å²) < 4.78 is 43.6. The van der Waals surface area contributed by atoms with E-state index in [1.165, 1.54) is 24.2 Å². The van der Waals surface area contributed by atoms with Crippen molar-refractivity contribution < 1.29 is 17.9 Å². The lowest BCUT2D eigenvalue weighted by atomic mass is 9.51. The zero-order chi connectivity index (χ0) is 18.8. The van der Waals surface area contributed by atoms with E-state index in [0.717, 1.165) is 19.0 Å². The van der Waals surface area contributed by atoms with Gasteiger partial charge in [0, 0.05) is 43.7 Å². The Morgan fingerprint density at radius 3 is 2.62 bits per heavy atom. The van der Waals surface area contributed by atoms with E-state index in [9.17, 15) is 13.2 Å². The number of halogens is 3. The van der Waals surface area contributed by atoms with Crippen LogP contribution in [0.1, 0.15) is 46.0 Å². The Morgan fingerprint density at radius 1 is 1.27 bits per heavy atom. The van der Waals surface area contributed by atoms with Crippen molar-refractivity contribution in [2.45, 2.75) is 70.3 Å². The fourth-order valence-corrected chi connectivity index (χ4v) is 4.64. The van der Waals surface area contributed by atoms with Gasteiger partial charge in [0.2, 0.25) is 0 Å². The third-order valence-corrected chi connectivity index (χ3v) is 6.08.